The topological polar surface area (TPSA) is 113 Å². The van der Waals surface area contributed by atoms with Crippen molar-refractivity contribution in [3.8, 4) is 0 Å². The molecule has 5 N–H and O–H groups in total. The summed E-state index contributed by atoms with van der Waals surface area (Å²) >= 11 is 0. The summed E-state index contributed by atoms with van der Waals surface area (Å²) in [4.78, 5) is 15.1. The third-order valence-corrected chi connectivity index (χ3v) is 2.36. The molecule has 1 aromatic rings. The molecule has 0 fully saturated rings. The van der Waals surface area contributed by atoms with Crippen LogP contribution in [0.1, 0.15) is 17.7 Å². The van der Waals surface area contributed by atoms with Crippen LogP contribution in [0.5, 0.6) is 0 Å². The first-order valence-corrected chi connectivity index (χ1v) is 5.52. The van der Waals surface area contributed by atoms with Crippen LogP contribution in [0.15, 0.2) is 23.5 Å². The summed E-state index contributed by atoms with van der Waals surface area (Å²) in [6, 6.07) is 3.59. The highest BCUT2D eigenvalue weighted by atomic mass is 16.4. The van der Waals surface area contributed by atoms with Gasteiger partial charge in [-0.15, -0.1) is 0 Å². The van der Waals surface area contributed by atoms with Crippen molar-refractivity contribution >= 4 is 11.7 Å². The van der Waals surface area contributed by atoms with Crippen molar-refractivity contribution in [3.05, 3.63) is 29.6 Å². The van der Waals surface area contributed by atoms with Crippen molar-refractivity contribution in [3.63, 3.8) is 0 Å². The van der Waals surface area contributed by atoms with E-state index in [0.29, 0.717) is 25.2 Å². The number of nitrogens with zero attached hydrogens (tertiary/aromatic N) is 2. The molecular formula is C11H17N5O2. The fraction of sp³-hybridized carbons (Fsp3) is 0.364. The summed E-state index contributed by atoms with van der Waals surface area (Å²) in [6.07, 6.45) is 1.97. The molecule has 98 valence electrons. The van der Waals surface area contributed by atoms with Crippen LogP contribution in [0.25, 0.3) is 0 Å². The fourth-order valence-corrected chi connectivity index (χ4v) is 1.41. The monoisotopic (exact) mass is 251 g/mol. The predicted molar refractivity (Wildman–Crippen MR) is 67.1 cm³/mol. The summed E-state index contributed by atoms with van der Waals surface area (Å²) < 4.78 is 0. The first-order chi connectivity index (χ1) is 8.69. The van der Waals surface area contributed by atoms with E-state index >= 15 is 0 Å². The van der Waals surface area contributed by atoms with Crippen molar-refractivity contribution in [2.75, 3.05) is 13.6 Å². The van der Waals surface area contributed by atoms with E-state index in [1.54, 1.807) is 19.3 Å². The number of carbonyl (C=O) groups excluding carboxylic acids is 1. The molecule has 1 amide bonds. The second-order valence-corrected chi connectivity index (χ2v) is 3.60. The van der Waals surface area contributed by atoms with Gasteiger partial charge in [0.2, 0.25) is 5.91 Å². The molecule has 0 aromatic carbocycles. The lowest BCUT2D eigenvalue weighted by atomic mass is 10.2. The first-order valence-electron chi connectivity index (χ1n) is 5.52. The van der Waals surface area contributed by atoms with Gasteiger partial charge in [-0.05, 0) is 11.6 Å². The second-order valence-electron chi connectivity index (χ2n) is 3.60. The Balaban J connectivity index is 2.54. The maximum Gasteiger partial charge on any atom is 0.221 e. The van der Waals surface area contributed by atoms with Gasteiger partial charge in [-0.1, -0.05) is 11.2 Å². The Bertz CT molecular complexity index is 433. The molecule has 7 heteroatoms. The van der Waals surface area contributed by atoms with Gasteiger partial charge >= 0.3 is 0 Å². The Labute approximate surface area is 105 Å². The van der Waals surface area contributed by atoms with E-state index < -0.39 is 0 Å². The van der Waals surface area contributed by atoms with Crippen molar-refractivity contribution in [1.29, 1.82) is 0 Å². The minimum absolute atomic E-state index is 0.0228. The maximum absolute atomic E-state index is 11.0. The highest BCUT2D eigenvalue weighted by molar-refractivity contribution is 5.96. The lowest BCUT2D eigenvalue weighted by Crippen LogP contribution is -2.26. The summed E-state index contributed by atoms with van der Waals surface area (Å²) in [7, 11) is 1.60. The number of amides is 1. The highest BCUT2D eigenvalue weighted by Gasteiger charge is 2.07. The van der Waals surface area contributed by atoms with Crippen LogP contribution in [0.2, 0.25) is 0 Å². The average molecular weight is 251 g/mol. The highest BCUT2D eigenvalue weighted by Crippen LogP contribution is 2.04. The van der Waals surface area contributed by atoms with E-state index in [0.717, 1.165) is 5.56 Å². The zero-order valence-electron chi connectivity index (χ0n) is 10.2. The number of carbonyl (C=O) groups is 1. The Morgan fingerprint density at radius 2 is 2.39 bits per heavy atom. The largest absolute Gasteiger partial charge is 0.409 e. The van der Waals surface area contributed by atoms with Crippen LogP contribution >= 0.6 is 0 Å². The lowest BCUT2D eigenvalue weighted by Gasteiger charge is -2.08. The zero-order chi connectivity index (χ0) is 13.4. The minimum Gasteiger partial charge on any atom is -0.409 e. The summed E-state index contributed by atoms with van der Waals surface area (Å²) in [5, 5.41) is 17.2. The molecule has 1 rings (SSSR count). The normalized spacial score (nSPS) is 11.3. The van der Waals surface area contributed by atoms with Crippen LogP contribution in [-0.4, -0.2) is 35.5 Å². The van der Waals surface area contributed by atoms with Crippen LogP contribution in [0, 0.1) is 0 Å². The number of oxime groups is 1. The van der Waals surface area contributed by atoms with E-state index in [9.17, 15) is 4.79 Å². The van der Waals surface area contributed by atoms with Crippen LogP contribution < -0.4 is 16.4 Å². The predicted octanol–water partition coefficient (Wildman–Crippen LogP) is -0.598. The van der Waals surface area contributed by atoms with Gasteiger partial charge in [-0.3, -0.25) is 9.78 Å². The lowest BCUT2D eigenvalue weighted by molar-refractivity contribution is -0.120. The molecule has 0 bridgehead atoms. The van der Waals surface area contributed by atoms with Gasteiger partial charge in [0.05, 0.1) is 0 Å². The molecule has 0 aliphatic carbocycles. The maximum atomic E-state index is 11.0. The van der Waals surface area contributed by atoms with Crippen molar-refractivity contribution in [2.45, 2.75) is 13.0 Å². The van der Waals surface area contributed by atoms with E-state index in [2.05, 4.69) is 20.8 Å². The zero-order valence-corrected chi connectivity index (χ0v) is 10.2. The molecule has 0 saturated carbocycles. The second kappa shape index (κ2) is 7.23. The number of hydrogen-bond acceptors (Lipinski definition) is 5. The number of aromatic nitrogens is 1. The minimum atomic E-state index is -0.0290. The molecule has 7 nitrogen and oxygen atoms in total. The molecule has 18 heavy (non-hydrogen) atoms. The van der Waals surface area contributed by atoms with Crippen LogP contribution in [0.4, 0.5) is 0 Å². The van der Waals surface area contributed by atoms with Crippen LogP contribution in [-0.2, 0) is 11.3 Å². The number of pyridine rings is 1. The molecule has 1 heterocycles. The van der Waals surface area contributed by atoms with Gasteiger partial charge in [-0.25, -0.2) is 0 Å². The number of nitrogens with one attached hydrogen (secondary N) is 2. The average Bonchev–Trinajstić information content (AvgIpc) is 2.42. The molecular weight excluding hydrogens is 234 g/mol. The molecule has 0 aliphatic heterocycles. The Hall–Kier alpha value is -2.15. The quantitative estimate of drug-likeness (QED) is 0.177. The van der Waals surface area contributed by atoms with Gasteiger partial charge < -0.3 is 21.6 Å². The number of amidine groups is 1. The Kier molecular flexibility index (Phi) is 5.59. The fourth-order valence-electron chi connectivity index (χ4n) is 1.41. The van der Waals surface area contributed by atoms with Gasteiger partial charge in [0, 0.05) is 32.8 Å². The standard InChI is InChI=1S/C11H17N5O2/c1-13-9(17)4-6-14-7-8-3-2-5-15-10(8)11(12)16-18/h2-3,5,14,18H,4,6-7H2,1H3,(H2,12,16)(H,13,17). The Morgan fingerprint density at radius 1 is 1.61 bits per heavy atom. The molecule has 0 atom stereocenters. The van der Waals surface area contributed by atoms with E-state index in [4.69, 9.17) is 10.9 Å². The van der Waals surface area contributed by atoms with E-state index in [1.165, 1.54) is 0 Å². The smallest absolute Gasteiger partial charge is 0.221 e. The molecule has 0 spiro atoms. The van der Waals surface area contributed by atoms with Gasteiger partial charge in [0.15, 0.2) is 5.84 Å². The summed E-state index contributed by atoms with van der Waals surface area (Å²) in [5.74, 6) is -0.0518. The van der Waals surface area contributed by atoms with E-state index in [-0.39, 0.29) is 11.7 Å². The van der Waals surface area contributed by atoms with Crippen molar-refractivity contribution < 1.29 is 10.0 Å². The summed E-state index contributed by atoms with van der Waals surface area (Å²) in [6.45, 7) is 1.04. The van der Waals surface area contributed by atoms with E-state index in [1.807, 2.05) is 6.07 Å². The first kappa shape index (κ1) is 13.9. The van der Waals surface area contributed by atoms with Gasteiger partial charge in [-0.2, -0.15) is 0 Å². The number of rotatable bonds is 6. The van der Waals surface area contributed by atoms with Gasteiger partial charge in [0.1, 0.15) is 5.69 Å². The summed E-state index contributed by atoms with van der Waals surface area (Å²) in [5.41, 5.74) is 6.76. The van der Waals surface area contributed by atoms with Gasteiger partial charge in [0.25, 0.3) is 0 Å². The van der Waals surface area contributed by atoms with Crippen LogP contribution in [0.3, 0.4) is 0 Å². The SMILES string of the molecule is CNC(=O)CCNCc1cccnc1/C(N)=N/O. The Morgan fingerprint density at radius 3 is 3.06 bits per heavy atom. The number of hydrogen-bond donors (Lipinski definition) is 4. The third kappa shape index (κ3) is 4.02. The molecule has 0 saturated heterocycles. The molecule has 0 radical (unpaired) electrons. The molecule has 0 aliphatic rings. The molecule has 0 unspecified atom stereocenters. The molecule has 1 aromatic heterocycles. The number of nitrogens with two attached hydrogens (primary N) is 1. The van der Waals surface area contributed by atoms with Crippen molar-refractivity contribution in [1.82, 2.24) is 15.6 Å². The van der Waals surface area contributed by atoms with Crippen molar-refractivity contribution in [2.24, 2.45) is 10.9 Å². The third-order valence-electron chi connectivity index (χ3n) is 2.36.